The highest BCUT2D eigenvalue weighted by Crippen LogP contribution is 2.25. The van der Waals surface area contributed by atoms with Crippen LogP contribution in [0.4, 0.5) is 0 Å². The van der Waals surface area contributed by atoms with Gasteiger partial charge < -0.3 is 9.88 Å². The predicted octanol–water partition coefficient (Wildman–Crippen LogP) is 3.29. The topological polar surface area (TPSA) is 31.9 Å². The minimum Gasteiger partial charge on any atom is -0.361 e. The number of aromatic amines is 1. The summed E-state index contributed by atoms with van der Waals surface area (Å²) in [4.78, 5) is 9.70. The van der Waals surface area contributed by atoms with Crippen LogP contribution in [0, 0.1) is 0 Å². The zero-order chi connectivity index (χ0) is 13.2. The normalized spacial score (nSPS) is 11.3. The lowest BCUT2D eigenvalue weighted by molar-refractivity contribution is 0.404. The fraction of sp³-hybridized carbons (Fsp3) is 0.188. The summed E-state index contributed by atoms with van der Waals surface area (Å²) in [6.07, 6.45) is 5.79. The number of hydrogen-bond donors (Lipinski definition) is 1. The van der Waals surface area contributed by atoms with Gasteiger partial charge in [0.05, 0.1) is 0 Å². The predicted molar refractivity (Wildman–Crippen MR) is 78.9 cm³/mol. The molecule has 2 aromatic heterocycles. The maximum atomic E-state index is 4.17. The third-order valence-electron chi connectivity index (χ3n) is 3.25. The summed E-state index contributed by atoms with van der Waals surface area (Å²) in [6, 6.07) is 10.6. The molecule has 0 aliphatic rings. The van der Waals surface area contributed by atoms with Gasteiger partial charge >= 0.3 is 0 Å². The summed E-state index contributed by atoms with van der Waals surface area (Å²) < 4.78 is 0. The van der Waals surface area contributed by atoms with Crippen molar-refractivity contribution in [3.05, 3.63) is 54.5 Å². The number of hydrogen-bond acceptors (Lipinski definition) is 2. The van der Waals surface area contributed by atoms with Crippen molar-refractivity contribution in [3.63, 3.8) is 0 Å². The van der Waals surface area contributed by atoms with E-state index in [2.05, 4.69) is 59.4 Å². The van der Waals surface area contributed by atoms with Crippen LogP contribution in [0.5, 0.6) is 0 Å². The Hall–Kier alpha value is -2.13. The summed E-state index contributed by atoms with van der Waals surface area (Å²) in [7, 11) is 4.17. The van der Waals surface area contributed by atoms with E-state index in [0.717, 1.165) is 12.1 Å². The lowest BCUT2D eigenvalue weighted by Gasteiger charge is -2.08. The molecule has 3 aromatic rings. The van der Waals surface area contributed by atoms with E-state index >= 15 is 0 Å². The Kier molecular flexibility index (Phi) is 3.05. The molecule has 0 unspecified atom stereocenters. The van der Waals surface area contributed by atoms with E-state index < -0.39 is 0 Å². The lowest BCUT2D eigenvalue weighted by Crippen LogP contribution is -2.09. The van der Waals surface area contributed by atoms with E-state index in [4.69, 9.17) is 0 Å². The molecule has 0 amide bonds. The molecule has 2 heterocycles. The van der Waals surface area contributed by atoms with Gasteiger partial charge in [-0.25, -0.2) is 0 Å². The first-order valence-corrected chi connectivity index (χ1v) is 6.39. The zero-order valence-electron chi connectivity index (χ0n) is 11.2. The van der Waals surface area contributed by atoms with Crippen molar-refractivity contribution >= 4 is 10.9 Å². The van der Waals surface area contributed by atoms with Gasteiger partial charge in [0.25, 0.3) is 0 Å². The molecule has 1 aromatic carbocycles. The summed E-state index contributed by atoms with van der Waals surface area (Å²) in [5.41, 5.74) is 4.85. The van der Waals surface area contributed by atoms with Gasteiger partial charge in [-0.2, -0.15) is 0 Å². The Balaban J connectivity index is 2.03. The molecule has 3 nitrogen and oxygen atoms in total. The number of rotatable bonds is 3. The average Bonchev–Trinajstić information content (AvgIpc) is 2.81. The zero-order valence-corrected chi connectivity index (χ0v) is 11.2. The molecule has 0 aliphatic heterocycles. The van der Waals surface area contributed by atoms with E-state index in [1.54, 1.807) is 6.20 Å². The van der Waals surface area contributed by atoms with Crippen molar-refractivity contribution in [2.24, 2.45) is 0 Å². The number of aromatic nitrogens is 2. The molecule has 0 aliphatic carbocycles. The molecule has 0 radical (unpaired) electrons. The van der Waals surface area contributed by atoms with Crippen LogP contribution in [-0.2, 0) is 6.54 Å². The van der Waals surface area contributed by atoms with Gasteiger partial charge in [0, 0.05) is 41.6 Å². The number of nitrogens with one attached hydrogen (secondary N) is 1. The van der Waals surface area contributed by atoms with Crippen molar-refractivity contribution in [2.75, 3.05) is 14.1 Å². The van der Waals surface area contributed by atoms with E-state index in [9.17, 15) is 0 Å². The Morgan fingerprint density at radius 1 is 1.16 bits per heavy atom. The second-order valence-electron chi connectivity index (χ2n) is 5.05. The van der Waals surface area contributed by atoms with Crippen LogP contribution in [0.1, 0.15) is 5.56 Å². The van der Waals surface area contributed by atoms with Crippen LogP contribution in [0.25, 0.3) is 22.0 Å². The van der Waals surface area contributed by atoms with Gasteiger partial charge in [0.15, 0.2) is 0 Å². The van der Waals surface area contributed by atoms with Crippen LogP contribution >= 0.6 is 0 Å². The van der Waals surface area contributed by atoms with Crippen molar-refractivity contribution < 1.29 is 0 Å². The Bertz CT molecular complexity index is 684. The van der Waals surface area contributed by atoms with Crippen LogP contribution in [0.2, 0.25) is 0 Å². The second-order valence-corrected chi connectivity index (χ2v) is 5.05. The quantitative estimate of drug-likeness (QED) is 0.774. The largest absolute Gasteiger partial charge is 0.361 e. The minimum atomic E-state index is 0.951. The molecule has 96 valence electrons. The number of nitrogens with zero attached hydrogens (tertiary/aromatic N) is 2. The van der Waals surface area contributed by atoms with Gasteiger partial charge in [-0.1, -0.05) is 18.2 Å². The highest BCUT2D eigenvalue weighted by Gasteiger charge is 2.06. The summed E-state index contributed by atoms with van der Waals surface area (Å²) >= 11 is 0. The molecule has 0 saturated heterocycles. The molecule has 0 bridgehead atoms. The monoisotopic (exact) mass is 251 g/mol. The highest BCUT2D eigenvalue weighted by molar-refractivity contribution is 5.87. The summed E-state index contributed by atoms with van der Waals surface area (Å²) in [5.74, 6) is 0. The van der Waals surface area contributed by atoms with Crippen molar-refractivity contribution in [1.29, 1.82) is 0 Å². The summed E-state index contributed by atoms with van der Waals surface area (Å²) in [5, 5.41) is 1.29. The van der Waals surface area contributed by atoms with Gasteiger partial charge in [0.1, 0.15) is 0 Å². The molecule has 1 N–H and O–H groups in total. The van der Waals surface area contributed by atoms with E-state index in [1.165, 1.54) is 22.0 Å². The first-order valence-electron chi connectivity index (χ1n) is 6.39. The van der Waals surface area contributed by atoms with E-state index in [-0.39, 0.29) is 0 Å². The smallest absolute Gasteiger partial charge is 0.0463 e. The Morgan fingerprint density at radius 2 is 2.05 bits per heavy atom. The van der Waals surface area contributed by atoms with Crippen molar-refractivity contribution in [1.82, 2.24) is 14.9 Å². The molecular formula is C16H17N3. The average molecular weight is 251 g/mol. The SMILES string of the molecule is CN(C)Cc1c[nH]c2cc(-c3cccnc3)ccc12. The molecule has 3 rings (SSSR count). The fourth-order valence-electron chi connectivity index (χ4n) is 2.37. The number of fused-ring (bicyclic) bond motifs is 1. The third-order valence-corrected chi connectivity index (χ3v) is 3.25. The Morgan fingerprint density at radius 3 is 2.79 bits per heavy atom. The maximum absolute atomic E-state index is 4.17. The first-order chi connectivity index (χ1) is 9.24. The van der Waals surface area contributed by atoms with Crippen LogP contribution in [-0.4, -0.2) is 29.0 Å². The summed E-state index contributed by atoms with van der Waals surface area (Å²) in [6.45, 7) is 0.951. The molecule has 0 atom stereocenters. The Labute approximate surface area is 112 Å². The molecule has 3 heteroatoms. The van der Waals surface area contributed by atoms with Crippen molar-refractivity contribution in [3.8, 4) is 11.1 Å². The van der Waals surface area contributed by atoms with Crippen LogP contribution < -0.4 is 0 Å². The molecule has 19 heavy (non-hydrogen) atoms. The lowest BCUT2D eigenvalue weighted by atomic mass is 10.0. The fourth-order valence-corrected chi connectivity index (χ4v) is 2.37. The van der Waals surface area contributed by atoms with Crippen molar-refractivity contribution in [2.45, 2.75) is 6.54 Å². The van der Waals surface area contributed by atoms with Gasteiger partial charge in [-0.15, -0.1) is 0 Å². The molecule has 0 saturated carbocycles. The number of pyridine rings is 1. The highest BCUT2D eigenvalue weighted by atomic mass is 15.0. The molecular weight excluding hydrogens is 234 g/mol. The molecule has 0 fully saturated rings. The van der Waals surface area contributed by atoms with Gasteiger partial charge in [-0.3, -0.25) is 4.98 Å². The van der Waals surface area contributed by atoms with E-state index in [0.29, 0.717) is 0 Å². The number of benzene rings is 1. The van der Waals surface area contributed by atoms with Crippen LogP contribution in [0.3, 0.4) is 0 Å². The maximum Gasteiger partial charge on any atom is 0.0463 e. The van der Waals surface area contributed by atoms with E-state index in [1.807, 2.05) is 12.3 Å². The second kappa shape index (κ2) is 4.86. The third kappa shape index (κ3) is 2.37. The van der Waals surface area contributed by atoms with Gasteiger partial charge in [-0.05, 0) is 37.4 Å². The molecule has 0 spiro atoms. The van der Waals surface area contributed by atoms with Gasteiger partial charge in [0.2, 0.25) is 0 Å². The first kappa shape index (κ1) is 11.9. The minimum absolute atomic E-state index is 0.951. The standard InChI is InChI=1S/C16H17N3/c1-19(2)11-14-10-18-16-8-12(5-6-15(14)16)13-4-3-7-17-9-13/h3-10,18H,11H2,1-2H3. The number of H-pyrrole nitrogens is 1. The van der Waals surface area contributed by atoms with Crippen LogP contribution in [0.15, 0.2) is 48.9 Å².